The van der Waals surface area contributed by atoms with E-state index >= 15 is 0 Å². The molecule has 0 aliphatic heterocycles. The minimum Gasteiger partial charge on any atom is -0.369 e. The summed E-state index contributed by atoms with van der Waals surface area (Å²) in [6.07, 6.45) is -0.500. The highest BCUT2D eigenvalue weighted by atomic mass is 16.5. The first-order valence-electron chi connectivity index (χ1n) is 6.04. The van der Waals surface area contributed by atoms with Gasteiger partial charge in [-0.25, -0.2) is 0 Å². The Labute approximate surface area is 107 Å². The summed E-state index contributed by atoms with van der Waals surface area (Å²) in [5.41, 5.74) is 2.12. The molecule has 0 spiro atoms. The number of H-pyrrole nitrogens is 1. The maximum atomic E-state index is 11.7. The van der Waals surface area contributed by atoms with Crippen LogP contribution < -0.4 is 10.9 Å². The first-order valence-corrected chi connectivity index (χ1v) is 6.04. The van der Waals surface area contributed by atoms with Crippen molar-refractivity contribution in [2.75, 3.05) is 6.61 Å². The van der Waals surface area contributed by atoms with Gasteiger partial charge in [0.05, 0.1) is 0 Å². The van der Waals surface area contributed by atoms with Gasteiger partial charge in [-0.15, -0.1) is 0 Å². The molecule has 18 heavy (non-hydrogen) atoms. The monoisotopic (exact) mass is 252 g/mol. The predicted octanol–water partition coefficient (Wildman–Crippen LogP) is 1.03. The van der Waals surface area contributed by atoms with Gasteiger partial charge in [0.25, 0.3) is 5.56 Å². The highest BCUT2D eigenvalue weighted by molar-refractivity contribution is 5.80. The second-order valence-corrected chi connectivity index (χ2v) is 4.26. The van der Waals surface area contributed by atoms with E-state index in [1.54, 1.807) is 6.92 Å². The molecule has 100 valence electrons. The number of pyridine rings is 1. The zero-order valence-electron chi connectivity index (χ0n) is 11.3. The van der Waals surface area contributed by atoms with Gasteiger partial charge in [-0.2, -0.15) is 0 Å². The summed E-state index contributed by atoms with van der Waals surface area (Å²) in [6, 6.07) is 1.88. The van der Waals surface area contributed by atoms with Crippen molar-refractivity contribution in [1.82, 2.24) is 10.3 Å². The van der Waals surface area contributed by atoms with Crippen LogP contribution in [-0.2, 0) is 16.1 Å². The fourth-order valence-electron chi connectivity index (χ4n) is 1.75. The number of nitrogens with one attached hydrogen (secondary N) is 2. The summed E-state index contributed by atoms with van der Waals surface area (Å²) >= 11 is 0. The van der Waals surface area contributed by atoms with Crippen LogP contribution in [0.2, 0.25) is 0 Å². The molecule has 0 radical (unpaired) electrons. The van der Waals surface area contributed by atoms with Crippen LogP contribution in [0.4, 0.5) is 0 Å². The lowest BCUT2D eigenvalue weighted by molar-refractivity contribution is -0.131. The molecule has 5 nitrogen and oxygen atoms in total. The van der Waals surface area contributed by atoms with Crippen molar-refractivity contribution < 1.29 is 9.53 Å². The molecule has 0 aliphatic carbocycles. The van der Waals surface area contributed by atoms with Crippen LogP contribution in [0, 0.1) is 13.8 Å². The van der Waals surface area contributed by atoms with Gasteiger partial charge in [0.15, 0.2) is 0 Å². The minimum atomic E-state index is -0.500. The van der Waals surface area contributed by atoms with Gasteiger partial charge in [-0.3, -0.25) is 9.59 Å². The van der Waals surface area contributed by atoms with E-state index in [0.717, 1.165) is 11.3 Å². The number of rotatable bonds is 5. The van der Waals surface area contributed by atoms with Crippen LogP contribution in [0.15, 0.2) is 10.9 Å². The maximum absolute atomic E-state index is 11.7. The lowest BCUT2D eigenvalue weighted by atomic mass is 10.1. The van der Waals surface area contributed by atoms with Gasteiger partial charge in [0, 0.05) is 24.4 Å². The first kappa shape index (κ1) is 14.4. The van der Waals surface area contributed by atoms with Crippen molar-refractivity contribution >= 4 is 5.91 Å². The average molecular weight is 252 g/mol. The molecule has 1 amide bonds. The molecular weight excluding hydrogens is 232 g/mol. The van der Waals surface area contributed by atoms with Crippen molar-refractivity contribution in [3.05, 3.63) is 33.2 Å². The van der Waals surface area contributed by atoms with E-state index in [1.165, 1.54) is 0 Å². The average Bonchev–Trinajstić information content (AvgIpc) is 2.27. The molecule has 0 unspecified atom stereocenters. The molecule has 1 atom stereocenters. The Morgan fingerprint density at radius 2 is 2.17 bits per heavy atom. The second kappa shape index (κ2) is 6.35. The molecule has 1 aromatic heterocycles. The molecule has 1 aromatic rings. The molecule has 0 aliphatic rings. The van der Waals surface area contributed by atoms with Gasteiger partial charge in [-0.1, -0.05) is 0 Å². The first-order chi connectivity index (χ1) is 8.45. The van der Waals surface area contributed by atoms with Crippen molar-refractivity contribution in [3.63, 3.8) is 0 Å². The number of carbonyl (C=O) groups is 1. The lowest BCUT2D eigenvalue weighted by Crippen LogP contribution is -2.35. The maximum Gasteiger partial charge on any atom is 0.253 e. The van der Waals surface area contributed by atoms with Crippen LogP contribution in [0.25, 0.3) is 0 Å². The quantitative estimate of drug-likeness (QED) is 0.822. The fourth-order valence-corrected chi connectivity index (χ4v) is 1.75. The summed E-state index contributed by atoms with van der Waals surface area (Å²) in [7, 11) is 0. The normalized spacial score (nSPS) is 12.2. The molecule has 1 heterocycles. The zero-order valence-corrected chi connectivity index (χ0v) is 11.3. The molecule has 0 saturated carbocycles. The van der Waals surface area contributed by atoms with Gasteiger partial charge in [-0.05, 0) is 39.3 Å². The second-order valence-electron chi connectivity index (χ2n) is 4.26. The molecule has 1 rings (SSSR count). The van der Waals surface area contributed by atoms with Gasteiger partial charge in [0.1, 0.15) is 6.10 Å². The number of aryl methyl sites for hydroxylation is 2. The third kappa shape index (κ3) is 3.70. The number of hydrogen-bond donors (Lipinski definition) is 2. The largest absolute Gasteiger partial charge is 0.369 e. The Morgan fingerprint density at radius 3 is 2.72 bits per heavy atom. The zero-order chi connectivity index (χ0) is 13.7. The summed E-state index contributed by atoms with van der Waals surface area (Å²) in [6.45, 7) is 7.91. The summed E-state index contributed by atoms with van der Waals surface area (Å²) in [4.78, 5) is 26.1. The third-order valence-corrected chi connectivity index (χ3v) is 2.72. The van der Waals surface area contributed by atoms with Crippen LogP contribution in [0.3, 0.4) is 0 Å². The van der Waals surface area contributed by atoms with Crippen molar-refractivity contribution in [3.8, 4) is 0 Å². The van der Waals surface area contributed by atoms with E-state index < -0.39 is 6.10 Å². The standard InChI is InChI=1S/C13H20N2O3/c1-5-18-10(4)12(16)14-7-11-8(2)6-9(3)15-13(11)17/h6,10H,5,7H2,1-4H3,(H,14,16)(H,15,17)/t10-/m1/s1. The number of amides is 1. The van der Waals surface area contributed by atoms with Gasteiger partial charge >= 0.3 is 0 Å². The highest BCUT2D eigenvalue weighted by Crippen LogP contribution is 2.03. The minimum absolute atomic E-state index is 0.156. The van der Waals surface area contributed by atoms with Crippen LogP contribution in [0.1, 0.15) is 30.7 Å². The van der Waals surface area contributed by atoms with E-state index in [0.29, 0.717) is 12.2 Å². The lowest BCUT2D eigenvalue weighted by Gasteiger charge is -2.12. The van der Waals surface area contributed by atoms with Gasteiger partial charge in [0.2, 0.25) is 5.91 Å². The fraction of sp³-hybridized carbons (Fsp3) is 0.538. The molecule has 5 heteroatoms. The van der Waals surface area contributed by atoms with Gasteiger partial charge < -0.3 is 15.0 Å². The molecule has 0 aromatic carbocycles. The van der Waals surface area contributed by atoms with Crippen molar-refractivity contribution in [1.29, 1.82) is 0 Å². The molecule has 0 fully saturated rings. The van der Waals surface area contributed by atoms with E-state index in [4.69, 9.17) is 4.74 Å². The van der Waals surface area contributed by atoms with Crippen molar-refractivity contribution in [2.45, 2.75) is 40.3 Å². The molecule has 2 N–H and O–H groups in total. The van der Waals surface area contributed by atoms with Crippen LogP contribution >= 0.6 is 0 Å². The molecule has 0 bridgehead atoms. The van der Waals surface area contributed by atoms with Crippen molar-refractivity contribution in [2.24, 2.45) is 0 Å². The molecule has 0 saturated heterocycles. The van der Waals surface area contributed by atoms with E-state index in [9.17, 15) is 9.59 Å². The number of ether oxygens (including phenoxy) is 1. The SMILES string of the molecule is CCO[C@H](C)C(=O)NCc1c(C)cc(C)[nH]c1=O. The number of aromatic amines is 1. The number of aromatic nitrogens is 1. The Balaban J connectivity index is 2.70. The summed E-state index contributed by atoms with van der Waals surface area (Å²) in [5.74, 6) is -0.212. The molecular formula is C13H20N2O3. The van der Waals surface area contributed by atoms with E-state index in [2.05, 4.69) is 10.3 Å². The topological polar surface area (TPSA) is 71.2 Å². The van der Waals surface area contributed by atoms with Crippen LogP contribution in [-0.4, -0.2) is 23.6 Å². The number of carbonyl (C=O) groups excluding carboxylic acids is 1. The predicted molar refractivity (Wildman–Crippen MR) is 69.5 cm³/mol. The Bertz CT molecular complexity index is 480. The smallest absolute Gasteiger partial charge is 0.253 e. The van der Waals surface area contributed by atoms with E-state index in [-0.39, 0.29) is 18.0 Å². The Hall–Kier alpha value is -1.62. The van der Waals surface area contributed by atoms with Crippen LogP contribution in [0.5, 0.6) is 0 Å². The van der Waals surface area contributed by atoms with E-state index in [1.807, 2.05) is 26.8 Å². The highest BCUT2D eigenvalue weighted by Gasteiger charge is 2.13. The number of hydrogen-bond acceptors (Lipinski definition) is 3. The summed E-state index contributed by atoms with van der Waals surface area (Å²) in [5, 5.41) is 2.70. The third-order valence-electron chi connectivity index (χ3n) is 2.72. The Kier molecular flexibility index (Phi) is 5.09. The Morgan fingerprint density at radius 1 is 1.50 bits per heavy atom. The summed E-state index contributed by atoms with van der Waals surface area (Å²) < 4.78 is 5.17.